The van der Waals surface area contributed by atoms with Crippen LogP contribution in [0.2, 0.25) is 0 Å². The van der Waals surface area contributed by atoms with Gasteiger partial charge >= 0.3 is 0 Å². The zero-order chi connectivity index (χ0) is 29.6. The Morgan fingerprint density at radius 1 is 1.05 bits per heavy atom. The van der Waals surface area contributed by atoms with Crippen molar-refractivity contribution >= 4 is 11.8 Å². The number of likely N-dealkylation sites (tertiary alicyclic amines) is 1. The molecule has 5 rings (SSSR count). The Bertz CT molecular complexity index is 1370. The van der Waals surface area contributed by atoms with E-state index >= 15 is 0 Å². The van der Waals surface area contributed by atoms with Gasteiger partial charge in [-0.3, -0.25) is 9.59 Å². The van der Waals surface area contributed by atoms with Gasteiger partial charge in [-0.2, -0.15) is 0 Å². The maximum absolute atomic E-state index is 14.0. The number of aryl methyl sites for hydroxylation is 1. The van der Waals surface area contributed by atoms with Crippen molar-refractivity contribution in [2.75, 3.05) is 13.1 Å². The van der Waals surface area contributed by atoms with Gasteiger partial charge in [0.05, 0.1) is 30.8 Å². The number of carbonyl (C=O) groups excluding carboxylic acids is 2. The third-order valence-electron chi connectivity index (χ3n) is 8.02. The van der Waals surface area contributed by atoms with Crippen LogP contribution in [0.25, 0.3) is 0 Å². The molecule has 2 aliphatic rings. The number of nitrogens with one attached hydrogen (secondary N) is 2. The van der Waals surface area contributed by atoms with E-state index in [1.165, 1.54) is 12.1 Å². The van der Waals surface area contributed by atoms with Crippen molar-refractivity contribution in [1.29, 1.82) is 0 Å². The van der Waals surface area contributed by atoms with Crippen molar-refractivity contribution in [3.05, 3.63) is 107 Å². The average molecular weight is 578 g/mol. The summed E-state index contributed by atoms with van der Waals surface area (Å²) < 4.78 is 34.0. The maximum Gasteiger partial charge on any atom is 0.225 e. The largest absolute Gasteiger partial charge is 0.389 e. The third kappa shape index (κ3) is 7.79. The summed E-state index contributed by atoms with van der Waals surface area (Å²) >= 11 is 0. The highest BCUT2D eigenvalue weighted by atomic mass is 19.1. The predicted octanol–water partition coefficient (Wildman–Crippen LogP) is 3.66. The lowest BCUT2D eigenvalue weighted by atomic mass is 9.94. The zero-order valence-corrected chi connectivity index (χ0v) is 23.6. The van der Waals surface area contributed by atoms with Gasteiger partial charge in [-0.15, -0.1) is 0 Å². The first-order valence-electron chi connectivity index (χ1n) is 14.4. The number of hydrogen-bond donors (Lipinski definition) is 3. The van der Waals surface area contributed by atoms with Crippen LogP contribution in [0.5, 0.6) is 0 Å². The molecule has 222 valence electrons. The third-order valence-corrected chi connectivity index (χ3v) is 8.02. The van der Waals surface area contributed by atoms with Gasteiger partial charge in [-0.1, -0.05) is 60.2 Å². The first-order valence-corrected chi connectivity index (χ1v) is 14.4. The highest BCUT2D eigenvalue weighted by molar-refractivity contribution is 5.89. The Balaban J connectivity index is 1.24. The molecule has 0 saturated carbocycles. The second-order valence-corrected chi connectivity index (χ2v) is 11.4. The van der Waals surface area contributed by atoms with Crippen LogP contribution in [0.4, 0.5) is 8.78 Å². The molecule has 7 nitrogen and oxygen atoms in total. The number of halogens is 2. The Labute approximate surface area is 244 Å². The number of aliphatic hydroxyl groups is 1. The van der Waals surface area contributed by atoms with Crippen LogP contribution >= 0.6 is 0 Å². The summed E-state index contributed by atoms with van der Waals surface area (Å²) in [5.41, 5.74) is 3.44. The summed E-state index contributed by atoms with van der Waals surface area (Å²) in [5.74, 6) is -2.54. The first kappa shape index (κ1) is 29.8. The van der Waals surface area contributed by atoms with Crippen LogP contribution in [-0.2, 0) is 33.9 Å². The lowest BCUT2D eigenvalue weighted by Gasteiger charge is -2.29. The van der Waals surface area contributed by atoms with Crippen molar-refractivity contribution in [1.82, 2.24) is 15.5 Å². The van der Waals surface area contributed by atoms with E-state index in [1.54, 1.807) is 4.90 Å². The van der Waals surface area contributed by atoms with E-state index < -0.39 is 35.7 Å². The van der Waals surface area contributed by atoms with Crippen LogP contribution < -0.4 is 10.6 Å². The van der Waals surface area contributed by atoms with E-state index in [4.69, 9.17) is 4.74 Å². The topological polar surface area (TPSA) is 90.9 Å². The number of rotatable bonds is 11. The monoisotopic (exact) mass is 577 g/mol. The normalized spacial score (nSPS) is 21.9. The smallest absolute Gasteiger partial charge is 0.225 e. The van der Waals surface area contributed by atoms with Crippen LogP contribution in [0, 0.1) is 24.5 Å². The minimum atomic E-state index is -1.06. The summed E-state index contributed by atoms with van der Waals surface area (Å²) in [6.07, 6.45) is -0.624. The van der Waals surface area contributed by atoms with E-state index in [1.807, 2.05) is 61.5 Å². The van der Waals surface area contributed by atoms with Gasteiger partial charge in [0, 0.05) is 38.2 Å². The molecule has 2 fully saturated rings. The molecule has 2 amide bonds. The molecule has 3 aromatic carbocycles. The zero-order valence-electron chi connectivity index (χ0n) is 23.6. The fourth-order valence-electron chi connectivity index (χ4n) is 5.86. The SMILES string of the molecule is Cc1cccc(CN2CC(C(=O)N[C@@H](Cc3cc(F)cc(F)c3)[C@H](O)[C@H]3C[C@@H](OCc4ccccc4)CN3)CC2=O)c1. The summed E-state index contributed by atoms with van der Waals surface area (Å²) in [4.78, 5) is 27.9. The molecule has 5 atom stereocenters. The minimum Gasteiger partial charge on any atom is -0.389 e. The molecule has 3 aromatic rings. The number of benzene rings is 3. The molecular weight excluding hydrogens is 540 g/mol. The molecule has 0 radical (unpaired) electrons. The van der Waals surface area contributed by atoms with Crippen LogP contribution in [-0.4, -0.2) is 59.2 Å². The summed E-state index contributed by atoms with van der Waals surface area (Å²) in [7, 11) is 0. The molecule has 0 bridgehead atoms. The second kappa shape index (κ2) is 13.5. The Kier molecular flexibility index (Phi) is 9.62. The molecule has 0 spiro atoms. The van der Waals surface area contributed by atoms with Gasteiger partial charge in [0.15, 0.2) is 0 Å². The molecule has 2 heterocycles. The van der Waals surface area contributed by atoms with Gasteiger partial charge in [0.2, 0.25) is 11.8 Å². The van der Waals surface area contributed by atoms with E-state index in [0.29, 0.717) is 31.7 Å². The number of hydrogen-bond acceptors (Lipinski definition) is 5. The predicted molar refractivity (Wildman–Crippen MR) is 154 cm³/mol. The van der Waals surface area contributed by atoms with Gasteiger partial charge in [-0.25, -0.2) is 8.78 Å². The quantitative estimate of drug-likeness (QED) is 0.324. The van der Waals surface area contributed by atoms with Gasteiger partial charge in [-0.05, 0) is 48.6 Å². The molecule has 42 heavy (non-hydrogen) atoms. The number of aliphatic hydroxyl groups excluding tert-OH is 1. The second-order valence-electron chi connectivity index (χ2n) is 11.4. The Hall–Kier alpha value is -3.66. The molecule has 3 N–H and O–H groups in total. The first-order chi connectivity index (χ1) is 20.2. The van der Waals surface area contributed by atoms with Crippen LogP contribution in [0.3, 0.4) is 0 Å². The summed E-state index contributed by atoms with van der Waals surface area (Å²) in [6, 6.07) is 19.6. The number of amides is 2. The molecule has 1 unspecified atom stereocenters. The highest BCUT2D eigenvalue weighted by Crippen LogP contribution is 2.24. The number of nitrogens with zero attached hydrogens (tertiary/aromatic N) is 1. The lowest BCUT2D eigenvalue weighted by Crippen LogP contribution is -2.53. The minimum absolute atomic E-state index is 0.0168. The molecule has 2 aliphatic heterocycles. The van der Waals surface area contributed by atoms with E-state index in [9.17, 15) is 23.5 Å². The summed E-state index contributed by atoms with van der Waals surface area (Å²) in [6.45, 7) is 3.61. The molecule has 0 aromatic heterocycles. The molecular formula is C33H37F2N3O4. The van der Waals surface area contributed by atoms with Crippen LogP contribution in [0.15, 0.2) is 72.8 Å². The Morgan fingerprint density at radius 3 is 2.52 bits per heavy atom. The summed E-state index contributed by atoms with van der Waals surface area (Å²) in [5, 5.41) is 17.6. The van der Waals surface area contributed by atoms with Crippen molar-refractivity contribution in [3.8, 4) is 0 Å². The van der Waals surface area contributed by atoms with Crippen LogP contribution in [0.1, 0.15) is 35.1 Å². The van der Waals surface area contributed by atoms with E-state index in [2.05, 4.69) is 10.6 Å². The Morgan fingerprint density at radius 2 is 1.79 bits per heavy atom. The fourth-order valence-corrected chi connectivity index (χ4v) is 5.86. The van der Waals surface area contributed by atoms with Gasteiger partial charge in [0.25, 0.3) is 0 Å². The van der Waals surface area contributed by atoms with Gasteiger partial charge < -0.3 is 25.4 Å². The standard InChI is InChI=1S/C33H37F2N3O4/c1-21-6-5-9-23(10-21)18-38-19-25(14-31(38)39)33(41)37-30(13-24-11-26(34)15-27(35)12-24)32(40)29-16-28(17-36-29)42-20-22-7-3-2-4-8-22/h2-12,15,25,28-30,32,36,40H,13-14,16-20H2,1H3,(H,37,41)/t25?,28-,29-,30+,32-/m1/s1. The molecule has 9 heteroatoms. The average Bonchev–Trinajstić information content (AvgIpc) is 3.58. The van der Waals surface area contributed by atoms with Crippen molar-refractivity contribution in [2.45, 2.75) is 63.6 Å². The molecule has 2 saturated heterocycles. The van der Waals surface area contributed by atoms with Crippen molar-refractivity contribution in [3.63, 3.8) is 0 Å². The van der Waals surface area contributed by atoms with Gasteiger partial charge in [0.1, 0.15) is 11.6 Å². The fraction of sp³-hybridized carbons (Fsp3) is 0.394. The maximum atomic E-state index is 14.0. The van der Waals surface area contributed by atoms with Crippen molar-refractivity contribution < 1.29 is 28.2 Å². The molecule has 0 aliphatic carbocycles. The lowest BCUT2D eigenvalue weighted by molar-refractivity contribution is -0.129. The highest BCUT2D eigenvalue weighted by Gasteiger charge is 2.39. The van der Waals surface area contributed by atoms with E-state index in [-0.39, 0.29) is 37.3 Å². The number of ether oxygens (including phenoxy) is 1. The van der Waals surface area contributed by atoms with E-state index in [0.717, 1.165) is 22.8 Å². The number of carbonyl (C=O) groups is 2. The van der Waals surface area contributed by atoms with Crippen molar-refractivity contribution in [2.24, 2.45) is 5.92 Å².